The second-order valence-electron chi connectivity index (χ2n) is 9.55. The van der Waals surface area contributed by atoms with Gasteiger partial charge in [-0.15, -0.1) is 0 Å². The van der Waals surface area contributed by atoms with Crippen LogP contribution in [0.5, 0.6) is 5.75 Å². The summed E-state index contributed by atoms with van der Waals surface area (Å²) in [7, 11) is 1.59. The molecule has 196 valence electrons. The van der Waals surface area contributed by atoms with Gasteiger partial charge in [0.25, 0.3) is 5.56 Å². The minimum absolute atomic E-state index is 0.0217. The van der Waals surface area contributed by atoms with Crippen LogP contribution >= 0.6 is 0 Å². The number of aliphatic hydroxyl groups is 1. The number of anilines is 3. The van der Waals surface area contributed by atoms with Crippen molar-refractivity contribution in [2.24, 2.45) is 0 Å². The first kappa shape index (κ1) is 24.6. The molecule has 3 aromatic carbocycles. The Labute approximate surface area is 223 Å². The number of methoxy groups -OCH3 is 1. The number of aliphatic hydroxyl groups excluding tert-OH is 1. The second kappa shape index (κ2) is 9.85. The van der Waals surface area contributed by atoms with Gasteiger partial charge in [0, 0.05) is 29.1 Å². The number of ether oxygens (including phenoxy) is 1. The number of pyridine rings is 1. The molecule has 6 rings (SSSR count). The van der Waals surface area contributed by atoms with Crippen molar-refractivity contribution in [2.45, 2.75) is 25.4 Å². The zero-order chi connectivity index (χ0) is 27.1. The molecule has 0 atom stereocenters. The maximum atomic E-state index is 15.1. The molecular formula is C30H26FN5O3. The van der Waals surface area contributed by atoms with Gasteiger partial charge in [0.2, 0.25) is 5.95 Å². The van der Waals surface area contributed by atoms with Gasteiger partial charge >= 0.3 is 0 Å². The Hall–Kier alpha value is -4.76. The molecule has 2 heterocycles. The fraction of sp³-hybridized carbons (Fsp3) is 0.167. The monoisotopic (exact) mass is 523 g/mol. The second-order valence-corrected chi connectivity index (χ2v) is 9.55. The molecule has 0 saturated heterocycles. The van der Waals surface area contributed by atoms with Crippen molar-refractivity contribution >= 4 is 28.2 Å². The Kier molecular flexibility index (Phi) is 6.20. The lowest BCUT2D eigenvalue weighted by Gasteiger charge is -2.16. The van der Waals surface area contributed by atoms with E-state index in [4.69, 9.17) is 10.5 Å². The highest BCUT2D eigenvalue weighted by molar-refractivity contribution is 5.84. The van der Waals surface area contributed by atoms with Crippen molar-refractivity contribution in [2.75, 3.05) is 18.2 Å². The lowest BCUT2D eigenvalue weighted by atomic mass is 10.0. The molecule has 4 N–H and O–H groups in total. The summed E-state index contributed by atoms with van der Waals surface area (Å²) >= 11 is 0. The van der Waals surface area contributed by atoms with E-state index in [2.05, 4.69) is 15.3 Å². The van der Waals surface area contributed by atoms with E-state index in [-0.39, 0.29) is 23.8 Å². The number of aromatic nitrogens is 3. The Balaban J connectivity index is 1.42. The first-order valence-electron chi connectivity index (χ1n) is 12.6. The normalized spacial score (nSPS) is 13.0. The van der Waals surface area contributed by atoms with E-state index in [1.807, 2.05) is 18.2 Å². The summed E-state index contributed by atoms with van der Waals surface area (Å²) in [5, 5.41) is 14.1. The van der Waals surface area contributed by atoms with E-state index >= 15 is 4.39 Å². The number of hydrogen-bond acceptors (Lipinski definition) is 7. The number of benzene rings is 3. The van der Waals surface area contributed by atoms with Gasteiger partial charge in [0.1, 0.15) is 17.4 Å². The van der Waals surface area contributed by atoms with E-state index in [1.165, 1.54) is 10.6 Å². The highest BCUT2D eigenvalue weighted by atomic mass is 19.1. The third kappa shape index (κ3) is 4.68. The fourth-order valence-electron chi connectivity index (χ4n) is 4.86. The summed E-state index contributed by atoms with van der Waals surface area (Å²) in [5.74, 6) is 1.04. The highest BCUT2D eigenvalue weighted by Crippen LogP contribution is 2.41. The molecule has 8 nitrogen and oxygen atoms in total. The van der Waals surface area contributed by atoms with Crippen LogP contribution in [0, 0.1) is 5.82 Å². The molecule has 1 saturated carbocycles. The number of nitrogens with two attached hydrogens (primary N) is 1. The molecule has 0 aliphatic heterocycles. The van der Waals surface area contributed by atoms with Crippen LogP contribution in [-0.4, -0.2) is 26.8 Å². The first-order chi connectivity index (χ1) is 18.9. The lowest BCUT2D eigenvalue weighted by Crippen LogP contribution is -2.20. The highest BCUT2D eigenvalue weighted by Gasteiger charge is 2.25. The van der Waals surface area contributed by atoms with E-state index in [0.29, 0.717) is 39.6 Å². The third-order valence-electron chi connectivity index (χ3n) is 6.96. The summed E-state index contributed by atoms with van der Waals surface area (Å²) in [5.41, 5.74) is 9.17. The van der Waals surface area contributed by atoms with E-state index in [9.17, 15) is 9.90 Å². The Morgan fingerprint density at radius 3 is 2.62 bits per heavy atom. The molecule has 0 amide bonds. The topological polar surface area (TPSA) is 115 Å². The Bertz CT molecular complexity index is 1760. The van der Waals surface area contributed by atoms with Gasteiger partial charge in [0.05, 0.1) is 30.5 Å². The summed E-state index contributed by atoms with van der Waals surface area (Å²) in [6.45, 7) is -0.385. The van der Waals surface area contributed by atoms with Crippen LogP contribution in [0.2, 0.25) is 0 Å². The number of nitrogens with zero attached hydrogens (tertiary/aromatic N) is 3. The maximum Gasteiger partial charge on any atom is 0.265 e. The van der Waals surface area contributed by atoms with Crippen molar-refractivity contribution in [3.05, 3.63) is 100 Å². The zero-order valence-electron chi connectivity index (χ0n) is 21.2. The third-order valence-corrected chi connectivity index (χ3v) is 6.96. The first-order valence-corrected chi connectivity index (χ1v) is 12.6. The van der Waals surface area contributed by atoms with E-state index in [0.717, 1.165) is 24.1 Å². The molecule has 0 spiro atoms. The summed E-state index contributed by atoms with van der Waals surface area (Å²) < 4.78 is 21.7. The smallest absolute Gasteiger partial charge is 0.265 e. The lowest BCUT2D eigenvalue weighted by molar-refractivity contribution is 0.282. The number of nitrogens with one attached hydrogen (secondary N) is 1. The van der Waals surface area contributed by atoms with Crippen molar-refractivity contribution in [3.63, 3.8) is 0 Å². The summed E-state index contributed by atoms with van der Waals surface area (Å²) in [4.78, 5) is 22.4. The predicted molar refractivity (Wildman–Crippen MR) is 149 cm³/mol. The van der Waals surface area contributed by atoms with Crippen LogP contribution in [0.1, 0.15) is 29.9 Å². The van der Waals surface area contributed by atoms with Gasteiger partial charge in [-0.3, -0.25) is 9.36 Å². The summed E-state index contributed by atoms with van der Waals surface area (Å²) in [6, 6.07) is 19.2. The molecular weight excluding hydrogens is 497 g/mol. The summed E-state index contributed by atoms with van der Waals surface area (Å²) in [6.07, 6.45) is 3.70. The van der Waals surface area contributed by atoms with Crippen molar-refractivity contribution < 1.29 is 14.2 Å². The molecule has 39 heavy (non-hydrogen) atoms. The van der Waals surface area contributed by atoms with Crippen molar-refractivity contribution in [1.82, 2.24) is 14.5 Å². The number of halogens is 1. The molecule has 0 radical (unpaired) electrons. The largest absolute Gasteiger partial charge is 0.497 e. The molecule has 0 bridgehead atoms. The van der Waals surface area contributed by atoms with Gasteiger partial charge in [-0.2, -0.15) is 4.98 Å². The van der Waals surface area contributed by atoms with Crippen LogP contribution in [-0.2, 0) is 6.61 Å². The SMILES string of the molecule is COc1ccc(Nc2nc(N)cc(-c3cccc(-n4ccc5cc(C6CC6)cc(F)c5c4=O)c3CO)n2)cc1. The number of fused-ring (bicyclic) bond motifs is 1. The van der Waals surface area contributed by atoms with Gasteiger partial charge in [-0.25, -0.2) is 9.37 Å². The predicted octanol–water partition coefficient (Wildman–Crippen LogP) is 5.29. The van der Waals surface area contributed by atoms with Gasteiger partial charge < -0.3 is 20.9 Å². The zero-order valence-corrected chi connectivity index (χ0v) is 21.2. The quantitative estimate of drug-likeness (QED) is 0.265. The van der Waals surface area contributed by atoms with Crippen molar-refractivity contribution in [1.29, 1.82) is 0 Å². The average Bonchev–Trinajstić information content (AvgIpc) is 3.78. The number of hydrogen-bond donors (Lipinski definition) is 3. The number of rotatable bonds is 7. The molecule has 1 fully saturated rings. The van der Waals surface area contributed by atoms with Crippen LogP contribution in [0.4, 0.5) is 21.8 Å². The Morgan fingerprint density at radius 2 is 1.90 bits per heavy atom. The molecule has 2 aromatic heterocycles. The minimum atomic E-state index is -0.534. The average molecular weight is 524 g/mol. The molecule has 1 aliphatic carbocycles. The van der Waals surface area contributed by atoms with Crippen LogP contribution in [0.25, 0.3) is 27.7 Å². The molecule has 9 heteroatoms. The minimum Gasteiger partial charge on any atom is -0.497 e. The fourth-order valence-corrected chi connectivity index (χ4v) is 4.86. The standard InChI is InChI=1S/C30H26FN5O3/c1-39-21-9-7-20(8-10-21)33-30-34-25(15-27(32)35-30)22-3-2-4-26(23(22)16-37)36-12-11-18-13-19(17-5-6-17)14-24(31)28(18)29(36)38/h2-4,7-15,17,37H,5-6,16H2,1H3,(H3,32,33,34,35). The van der Waals surface area contributed by atoms with Crippen molar-refractivity contribution in [3.8, 4) is 22.7 Å². The van der Waals surface area contributed by atoms with Gasteiger partial charge in [-0.1, -0.05) is 18.2 Å². The van der Waals surface area contributed by atoms with E-state index in [1.54, 1.807) is 55.8 Å². The van der Waals surface area contributed by atoms with Crippen LogP contribution in [0.15, 0.2) is 77.7 Å². The van der Waals surface area contributed by atoms with Gasteiger partial charge in [-0.05, 0) is 72.2 Å². The maximum absolute atomic E-state index is 15.1. The Morgan fingerprint density at radius 1 is 1.10 bits per heavy atom. The molecule has 1 aliphatic rings. The van der Waals surface area contributed by atoms with Crippen LogP contribution in [0.3, 0.4) is 0 Å². The van der Waals surface area contributed by atoms with Gasteiger partial charge in [0.15, 0.2) is 0 Å². The molecule has 5 aromatic rings. The van der Waals surface area contributed by atoms with Crippen LogP contribution < -0.4 is 21.3 Å². The number of nitrogen functional groups attached to an aromatic ring is 1. The molecule has 0 unspecified atom stereocenters. The van der Waals surface area contributed by atoms with E-state index < -0.39 is 11.4 Å².